The number of benzene rings is 8. The van der Waals surface area contributed by atoms with Crippen molar-refractivity contribution in [2.24, 2.45) is 0 Å². The number of nitriles is 1. The van der Waals surface area contributed by atoms with Crippen LogP contribution in [0.1, 0.15) is 5.56 Å². The molecule has 0 saturated heterocycles. The number of aromatic nitrogens is 5. The van der Waals surface area contributed by atoms with Crippen LogP contribution in [0.3, 0.4) is 0 Å². The maximum atomic E-state index is 10.1. The van der Waals surface area contributed by atoms with Crippen LogP contribution < -0.4 is 0 Å². The van der Waals surface area contributed by atoms with E-state index in [0.29, 0.717) is 23.0 Å². The maximum Gasteiger partial charge on any atom is 0.166 e. The summed E-state index contributed by atoms with van der Waals surface area (Å²) >= 11 is 0. The zero-order valence-electron chi connectivity index (χ0n) is 31.2. The van der Waals surface area contributed by atoms with Crippen molar-refractivity contribution in [3.63, 3.8) is 0 Å². The summed E-state index contributed by atoms with van der Waals surface area (Å²) in [5.74, 6) is 1.72. The van der Waals surface area contributed by atoms with Gasteiger partial charge in [0.2, 0.25) is 0 Å². The molecule has 6 heteroatoms. The Morgan fingerprint density at radius 2 is 0.948 bits per heavy atom. The molecule has 0 aliphatic carbocycles. The molecule has 6 nitrogen and oxygen atoms in total. The Hall–Kier alpha value is -8.14. The molecule has 0 amide bonds. The number of hydrogen-bond donors (Lipinski definition) is 0. The third-order valence-corrected chi connectivity index (χ3v) is 11.0. The molecule has 58 heavy (non-hydrogen) atoms. The van der Waals surface area contributed by atoms with Gasteiger partial charge in [-0.15, -0.1) is 0 Å². The van der Waals surface area contributed by atoms with Crippen molar-refractivity contribution in [1.82, 2.24) is 24.1 Å². The van der Waals surface area contributed by atoms with E-state index in [0.717, 1.165) is 72.0 Å². The molecule has 0 radical (unpaired) electrons. The highest BCUT2D eigenvalue weighted by molar-refractivity contribution is 6.16. The molecule has 11 aromatic rings. The van der Waals surface area contributed by atoms with E-state index in [1.807, 2.05) is 78.9 Å². The van der Waals surface area contributed by atoms with Gasteiger partial charge in [0.1, 0.15) is 0 Å². The van der Waals surface area contributed by atoms with E-state index in [9.17, 15) is 5.26 Å². The molecule has 0 aliphatic rings. The smallest absolute Gasteiger partial charge is 0.166 e. The van der Waals surface area contributed by atoms with E-state index in [-0.39, 0.29) is 0 Å². The molecule has 0 N–H and O–H groups in total. The largest absolute Gasteiger partial charge is 0.309 e. The van der Waals surface area contributed by atoms with Gasteiger partial charge in [0, 0.05) is 43.9 Å². The Bertz CT molecular complexity index is 3340. The van der Waals surface area contributed by atoms with E-state index in [4.69, 9.17) is 15.0 Å². The van der Waals surface area contributed by atoms with E-state index in [1.165, 1.54) is 10.8 Å². The first-order chi connectivity index (χ1) is 28.7. The van der Waals surface area contributed by atoms with Crippen molar-refractivity contribution in [3.8, 4) is 62.7 Å². The summed E-state index contributed by atoms with van der Waals surface area (Å²) in [5, 5.41) is 14.6. The zero-order chi connectivity index (χ0) is 38.6. The molecular formula is C52H32N6. The van der Waals surface area contributed by atoms with Crippen molar-refractivity contribution in [3.05, 3.63) is 200 Å². The number of para-hydroxylation sites is 3. The molecule has 0 saturated carbocycles. The van der Waals surface area contributed by atoms with Gasteiger partial charge in [0.05, 0.1) is 39.4 Å². The fourth-order valence-electron chi connectivity index (χ4n) is 8.42. The van der Waals surface area contributed by atoms with E-state index >= 15 is 0 Å². The van der Waals surface area contributed by atoms with Gasteiger partial charge < -0.3 is 9.13 Å². The van der Waals surface area contributed by atoms with Gasteiger partial charge in [0.15, 0.2) is 17.5 Å². The molecule has 0 spiro atoms. The lowest BCUT2D eigenvalue weighted by Crippen LogP contribution is -2.04. The van der Waals surface area contributed by atoms with E-state index in [1.54, 1.807) is 0 Å². The maximum absolute atomic E-state index is 10.1. The third kappa shape index (κ3) is 5.37. The zero-order valence-corrected chi connectivity index (χ0v) is 31.2. The van der Waals surface area contributed by atoms with Gasteiger partial charge in [-0.1, -0.05) is 140 Å². The van der Waals surface area contributed by atoms with Gasteiger partial charge >= 0.3 is 0 Å². The number of nitrogens with zero attached hydrogens (tertiary/aromatic N) is 6. The van der Waals surface area contributed by atoms with Gasteiger partial charge in [-0.05, 0) is 65.7 Å². The standard InChI is InChI=1S/C52H32N6/c53-33-34-27-29-41-40-21-10-12-24-44(40)58(48(41)31-34)46-30-28-37(39-23-14-26-47-49(39)42-22-11-13-25-45(42)57(47)38-19-8-3-9-20-38)32-43(46)52-55-50(35-15-4-1-5-16-35)54-51(56-52)36-17-6-2-7-18-36/h1-32H. The van der Waals surface area contributed by atoms with Gasteiger partial charge in [-0.3, -0.25) is 0 Å². The first-order valence-electron chi connectivity index (χ1n) is 19.3. The third-order valence-electron chi connectivity index (χ3n) is 11.0. The Morgan fingerprint density at radius 3 is 1.64 bits per heavy atom. The number of hydrogen-bond acceptors (Lipinski definition) is 4. The van der Waals surface area contributed by atoms with Crippen molar-refractivity contribution in [2.45, 2.75) is 0 Å². The van der Waals surface area contributed by atoms with Gasteiger partial charge in [0.25, 0.3) is 0 Å². The van der Waals surface area contributed by atoms with Crippen molar-refractivity contribution >= 4 is 43.6 Å². The predicted octanol–water partition coefficient (Wildman–Crippen LogP) is 12.6. The predicted molar refractivity (Wildman–Crippen MR) is 235 cm³/mol. The summed E-state index contributed by atoms with van der Waals surface area (Å²) in [5.41, 5.74) is 11.6. The summed E-state index contributed by atoms with van der Waals surface area (Å²) in [4.78, 5) is 15.6. The monoisotopic (exact) mass is 740 g/mol. The van der Waals surface area contributed by atoms with Crippen LogP contribution in [0.5, 0.6) is 0 Å². The average Bonchev–Trinajstić information content (AvgIpc) is 3.82. The van der Waals surface area contributed by atoms with Crippen LogP contribution in [0, 0.1) is 11.3 Å². The molecule has 0 atom stereocenters. The average molecular weight is 741 g/mol. The lowest BCUT2D eigenvalue weighted by atomic mass is 9.96. The second-order valence-electron chi connectivity index (χ2n) is 14.4. The van der Waals surface area contributed by atoms with E-state index in [2.05, 4.69) is 130 Å². The summed E-state index contributed by atoms with van der Waals surface area (Å²) in [7, 11) is 0. The minimum Gasteiger partial charge on any atom is -0.309 e. The summed E-state index contributed by atoms with van der Waals surface area (Å²) in [6, 6.07) is 69.1. The van der Waals surface area contributed by atoms with Crippen molar-refractivity contribution in [1.29, 1.82) is 5.26 Å². The molecule has 11 rings (SSSR count). The molecular weight excluding hydrogens is 709 g/mol. The Morgan fingerprint density at radius 1 is 0.379 bits per heavy atom. The quantitative estimate of drug-likeness (QED) is 0.170. The first-order valence-corrected chi connectivity index (χ1v) is 19.3. The molecule has 0 unspecified atom stereocenters. The lowest BCUT2D eigenvalue weighted by molar-refractivity contribution is 1.06. The molecule has 0 fully saturated rings. The normalized spacial score (nSPS) is 11.4. The van der Waals surface area contributed by atoms with Crippen molar-refractivity contribution < 1.29 is 0 Å². The van der Waals surface area contributed by atoms with Crippen LogP contribution >= 0.6 is 0 Å². The molecule has 270 valence electrons. The summed E-state index contributed by atoms with van der Waals surface area (Å²) < 4.78 is 4.60. The van der Waals surface area contributed by atoms with Gasteiger partial charge in [-0.2, -0.15) is 5.26 Å². The Labute approximate surface area is 334 Å². The van der Waals surface area contributed by atoms with Crippen molar-refractivity contribution in [2.75, 3.05) is 0 Å². The highest BCUT2D eigenvalue weighted by Gasteiger charge is 2.22. The molecule has 0 aliphatic heterocycles. The Balaban J connectivity index is 1.24. The van der Waals surface area contributed by atoms with Crippen LogP contribution in [-0.2, 0) is 0 Å². The Kier molecular flexibility index (Phi) is 7.76. The first kappa shape index (κ1) is 33.2. The minimum absolute atomic E-state index is 0.547. The topological polar surface area (TPSA) is 72.3 Å². The highest BCUT2D eigenvalue weighted by Crippen LogP contribution is 2.42. The molecule has 0 bridgehead atoms. The second-order valence-corrected chi connectivity index (χ2v) is 14.4. The summed E-state index contributed by atoms with van der Waals surface area (Å²) in [6.07, 6.45) is 0. The van der Waals surface area contributed by atoms with E-state index < -0.39 is 0 Å². The number of fused-ring (bicyclic) bond motifs is 6. The second kappa shape index (κ2) is 13.6. The van der Waals surface area contributed by atoms with Crippen LogP contribution in [0.4, 0.5) is 0 Å². The highest BCUT2D eigenvalue weighted by atomic mass is 15.1. The lowest BCUT2D eigenvalue weighted by Gasteiger charge is -2.17. The molecule has 8 aromatic carbocycles. The van der Waals surface area contributed by atoms with Crippen LogP contribution in [0.15, 0.2) is 194 Å². The molecule has 3 heterocycles. The van der Waals surface area contributed by atoms with Crippen LogP contribution in [0.25, 0.3) is 100 Å². The molecule has 3 aromatic heterocycles. The van der Waals surface area contributed by atoms with Crippen LogP contribution in [0.2, 0.25) is 0 Å². The number of rotatable bonds is 6. The fraction of sp³-hybridized carbons (Fsp3) is 0. The SMILES string of the molecule is N#Cc1ccc2c3ccccc3n(-c3ccc(-c4cccc5c4c4ccccc4n5-c4ccccc4)cc3-c3nc(-c4ccccc4)nc(-c4ccccc4)n3)c2c1. The van der Waals surface area contributed by atoms with Gasteiger partial charge in [-0.25, -0.2) is 15.0 Å². The minimum atomic E-state index is 0.547. The fourth-order valence-corrected chi connectivity index (χ4v) is 8.42. The van der Waals surface area contributed by atoms with Crippen LogP contribution in [-0.4, -0.2) is 24.1 Å². The summed E-state index contributed by atoms with van der Waals surface area (Å²) in [6.45, 7) is 0.